The maximum absolute atomic E-state index is 12.8. The Kier molecular flexibility index (Phi) is 7.10. The van der Waals surface area contributed by atoms with Crippen LogP contribution in [0.2, 0.25) is 0 Å². The van der Waals surface area contributed by atoms with Gasteiger partial charge >= 0.3 is 8.69 Å². The molecule has 22 heavy (non-hydrogen) atoms. The molecule has 0 aliphatic carbocycles. The molecule has 0 aliphatic heterocycles. The number of aryl methyl sites for hydroxylation is 4. The van der Waals surface area contributed by atoms with Crippen molar-refractivity contribution in [1.82, 2.24) is 0 Å². The van der Waals surface area contributed by atoms with Crippen LogP contribution in [-0.4, -0.2) is 10.7 Å². The second kappa shape index (κ2) is 8.57. The zero-order valence-corrected chi connectivity index (χ0v) is 14.4. The summed E-state index contributed by atoms with van der Waals surface area (Å²) in [5, 5.41) is 0. The van der Waals surface area contributed by atoms with Crippen molar-refractivity contribution in [2.75, 3.05) is 0 Å². The van der Waals surface area contributed by atoms with Crippen LogP contribution in [0.1, 0.15) is 45.1 Å². The van der Waals surface area contributed by atoms with Crippen LogP contribution in [0.5, 0.6) is 0 Å². The summed E-state index contributed by atoms with van der Waals surface area (Å²) in [6, 6.07) is 12.0. The van der Waals surface area contributed by atoms with E-state index in [2.05, 4.69) is 26.0 Å². The van der Waals surface area contributed by atoms with Crippen LogP contribution in [0.15, 0.2) is 36.4 Å². The van der Waals surface area contributed by atoms with Crippen molar-refractivity contribution in [3.63, 3.8) is 0 Å². The standard InChI is InChI=1S/C18H20O.HO2P/c1-5-15-8-6-7-9-16(15)18(19)17-13(3)10-12(2)11-14(17)4;1-3-2/h6-11H,5H2,1-4H3;3H/p+1. The molecule has 1 unspecified atom stereocenters. The van der Waals surface area contributed by atoms with E-state index in [1.165, 1.54) is 5.56 Å². The first-order valence-corrected chi connectivity index (χ1v) is 8.03. The van der Waals surface area contributed by atoms with E-state index in [1.54, 1.807) is 0 Å². The molecule has 0 aliphatic rings. The molecule has 2 rings (SSSR count). The minimum Gasteiger partial charge on any atom is -0.289 e. The van der Waals surface area contributed by atoms with E-state index < -0.39 is 8.69 Å². The van der Waals surface area contributed by atoms with Gasteiger partial charge in [0.1, 0.15) is 0 Å². The van der Waals surface area contributed by atoms with Crippen molar-refractivity contribution in [3.8, 4) is 0 Å². The number of benzene rings is 2. The van der Waals surface area contributed by atoms with Crippen LogP contribution in [0.4, 0.5) is 0 Å². The minimum absolute atomic E-state index is 0.146. The van der Waals surface area contributed by atoms with Crippen molar-refractivity contribution in [3.05, 3.63) is 69.8 Å². The summed E-state index contributed by atoms with van der Waals surface area (Å²) in [5.41, 5.74) is 6.13. The van der Waals surface area contributed by atoms with E-state index in [1.807, 2.05) is 38.1 Å². The normalized spacial score (nSPS) is 10.0. The Morgan fingerprint density at radius 2 is 1.59 bits per heavy atom. The van der Waals surface area contributed by atoms with Crippen LogP contribution in [0.25, 0.3) is 0 Å². The summed E-state index contributed by atoms with van der Waals surface area (Å²) in [6.45, 7) is 8.18. The first-order valence-electron chi connectivity index (χ1n) is 7.17. The van der Waals surface area contributed by atoms with Crippen LogP contribution in [-0.2, 0) is 11.0 Å². The molecule has 3 nitrogen and oxygen atoms in total. The summed E-state index contributed by atoms with van der Waals surface area (Å²) in [7, 11) is -1.17. The van der Waals surface area contributed by atoms with Gasteiger partial charge in [-0.15, -0.1) is 0 Å². The van der Waals surface area contributed by atoms with Gasteiger partial charge in [-0.1, -0.05) is 48.9 Å². The number of hydrogen-bond acceptors (Lipinski definition) is 2. The number of carbonyl (C=O) groups is 1. The predicted octanol–water partition coefficient (Wildman–Crippen LogP) is 4.32. The van der Waals surface area contributed by atoms with Gasteiger partial charge in [0.25, 0.3) is 0 Å². The van der Waals surface area contributed by atoms with Crippen LogP contribution in [0.3, 0.4) is 0 Å². The highest BCUT2D eigenvalue weighted by Crippen LogP contribution is 2.22. The lowest BCUT2D eigenvalue weighted by molar-refractivity contribution is 0.103. The van der Waals surface area contributed by atoms with Gasteiger partial charge in [0.2, 0.25) is 0 Å². The minimum atomic E-state index is -1.17. The Morgan fingerprint density at radius 1 is 1.09 bits per heavy atom. The molecule has 1 N–H and O–H groups in total. The van der Waals surface area contributed by atoms with E-state index in [-0.39, 0.29) is 5.78 Å². The van der Waals surface area contributed by atoms with E-state index in [9.17, 15) is 4.79 Å². The topological polar surface area (TPSA) is 54.4 Å². The highest BCUT2D eigenvalue weighted by molar-refractivity contribution is 7.16. The lowest BCUT2D eigenvalue weighted by Gasteiger charge is -2.12. The smallest absolute Gasteiger partial charge is 0.289 e. The highest BCUT2D eigenvalue weighted by atomic mass is 31.1. The van der Waals surface area contributed by atoms with Crippen molar-refractivity contribution in [2.24, 2.45) is 0 Å². The first-order chi connectivity index (χ1) is 10.5. The first kappa shape index (κ1) is 18.2. The Labute approximate surface area is 133 Å². The molecule has 0 saturated heterocycles. The van der Waals surface area contributed by atoms with Gasteiger partial charge in [-0.05, 0) is 48.4 Å². The van der Waals surface area contributed by atoms with Gasteiger partial charge in [-0.3, -0.25) is 4.79 Å². The van der Waals surface area contributed by atoms with Crippen LogP contribution in [0, 0.1) is 20.8 Å². The van der Waals surface area contributed by atoms with E-state index in [0.717, 1.165) is 34.2 Å². The summed E-state index contributed by atoms with van der Waals surface area (Å²) >= 11 is 0. The third-order valence-corrected chi connectivity index (χ3v) is 3.55. The lowest BCUT2D eigenvalue weighted by atomic mass is 9.90. The number of hydrogen-bond donors (Lipinski definition) is 1. The molecule has 2 aromatic rings. The molecule has 116 valence electrons. The van der Waals surface area contributed by atoms with Gasteiger partial charge in [-0.25, -0.2) is 0 Å². The third-order valence-electron chi connectivity index (χ3n) is 3.55. The fourth-order valence-electron chi connectivity index (χ4n) is 2.72. The summed E-state index contributed by atoms with van der Waals surface area (Å²) < 4.78 is 8.51. The fraction of sp³-hybridized carbons (Fsp3) is 0.278. The molecule has 0 heterocycles. The largest absolute Gasteiger partial charge is 0.491 e. The Morgan fingerprint density at radius 3 is 2.09 bits per heavy atom. The second-order valence-corrected chi connectivity index (χ2v) is 5.39. The predicted molar refractivity (Wildman–Crippen MR) is 91.1 cm³/mol. The average Bonchev–Trinajstić information content (AvgIpc) is 2.46. The fourth-order valence-corrected chi connectivity index (χ4v) is 2.72. The van der Waals surface area contributed by atoms with Gasteiger partial charge in [0.05, 0.1) is 0 Å². The molecule has 0 bridgehead atoms. The van der Waals surface area contributed by atoms with Crippen molar-refractivity contribution in [2.45, 2.75) is 34.1 Å². The van der Waals surface area contributed by atoms with Crippen LogP contribution < -0.4 is 0 Å². The monoisotopic (exact) mass is 317 g/mol. The van der Waals surface area contributed by atoms with Crippen molar-refractivity contribution in [1.29, 1.82) is 0 Å². The molecule has 0 aromatic heterocycles. The Hall–Kier alpha value is -1.83. The van der Waals surface area contributed by atoms with Crippen LogP contribution >= 0.6 is 8.69 Å². The molecule has 0 amide bonds. The quantitative estimate of drug-likeness (QED) is 0.677. The number of carbonyl (C=O) groups excluding carboxylic acids is 1. The number of rotatable bonds is 3. The van der Waals surface area contributed by atoms with Crippen molar-refractivity contribution < 1.29 is 14.3 Å². The van der Waals surface area contributed by atoms with E-state index >= 15 is 0 Å². The van der Waals surface area contributed by atoms with Gasteiger partial charge in [0, 0.05) is 11.1 Å². The second-order valence-electron chi connectivity index (χ2n) is 5.20. The van der Waals surface area contributed by atoms with Gasteiger partial charge in [0.15, 0.2) is 5.78 Å². The summed E-state index contributed by atoms with van der Waals surface area (Å²) in [5.74, 6) is 0.146. The molecular formula is C18H22O3P+. The SMILES string of the molecule is CCc1ccccc1C(=O)c1c(C)cc(C)cc1C.O=[PH+]O. The highest BCUT2D eigenvalue weighted by Gasteiger charge is 2.16. The molecule has 4 heteroatoms. The van der Waals surface area contributed by atoms with Gasteiger partial charge < -0.3 is 0 Å². The molecular weight excluding hydrogens is 295 g/mol. The van der Waals surface area contributed by atoms with E-state index in [0.29, 0.717) is 0 Å². The molecule has 2 aromatic carbocycles. The molecule has 1 atom stereocenters. The van der Waals surface area contributed by atoms with E-state index in [4.69, 9.17) is 9.46 Å². The maximum Gasteiger partial charge on any atom is 0.491 e. The average molecular weight is 317 g/mol. The Bertz CT molecular complexity index is 655. The maximum atomic E-state index is 12.8. The zero-order valence-electron chi connectivity index (χ0n) is 13.4. The van der Waals surface area contributed by atoms with Gasteiger partial charge in [-0.2, -0.15) is 4.89 Å². The molecule has 0 radical (unpaired) electrons. The lowest BCUT2D eigenvalue weighted by Crippen LogP contribution is -2.09. The molecule has 0 saturated carbocycles. The Balaban J connectivity index is 0.000000745. The third kappa shape index (κ3) is 4.33. The zero-order chi connectivity index (χ0) is 16.7. The molecule has 0 spiro atoms. The summed E-state index contributed by atoms with van der Waals surface area (Å²) in [6.07, 6.45) is 0.881. The van der Waals surface area contributed by atoms with Crippen molar-refractivity contribution >= 4 is 14.5 Å². The number of ketones is 1. The molecule has 0 fully saturated rings. The summed E-state index contributed by atoms with van der Waals surface area (Å²) in [4.78, 5) is 19.8.